The maximum Gasteiger partial charge on any atom is 0.416 e. The topological polar surface area (TPSA) is 71.2 Å². The molecule has 0 N–H and O–H groups in total. The molecule has 1 unspecified atom stereocenters. The maximum atomic E-state index is 13.0. The van der Waals surface area contributed by atoms with Gasteiger partial charge in [-0.3, -0.25) is 9.88 Å². The number of hydrogen-bond acceptors (Lipinski definition) is 7. The summed E-state index contributed by atoms with van der Waals surface area (Å²) in [4.78, 5) is 18.0. The predicted octanol–water partition coefficient (Wildman–Crippen LogP) is 4.58. The van der Waals surface area contributed by atoms with Crippen LogP contribution in [0.15, 0.2) is 59.3 Å². The molecule has 0 aliphatic carbocycles. The van der Waals surface area contributed by atoms with Gasteiger partial charge in [-0.05, 0) is 31.2 Å². The third-order valence-corrected chi connectivity index (χ3v) is 5.87. The predicted molar refractivity (Wildman–Crippen MR) is 116 cm³/mol. The van der Waals surface area contributed by atoms with Gasteiger partial charge < -0.3 is 9.42 Å². The van der Waals surface area contributed by atoms with E-state index in [0.717, 1.165) is 55.2 Å². The summed E-state index contributed by atoms with van der Waals surface area (Å²) in [7, 11) is 0. The van der Waals surface area contributed by atoms with Crippen LogP contribution in [-0.2, 0) is 6.18 Å². The van der Waals surface area contributed by atoms with E-state index in [1.54, 1.807) is 6.20 Å². The first kappa shape index (κ1) is 21.3. The van der Waals surface area contributed by atoms with Crippen molar-refractivity contribution >= 4 is 16.9 Å². The highest BCUT2D eigenvalue weighted by molar-refractivity contribution is 5.75. The Kier molecular flexibility index (Phi) is 5.45. The standard InChI is InChI=1S/C23H21F3N6O/c1-15(22-29-21(30-33-22)16-5-4-6-17(13-16)23(24,25)26)31-9-11-32(12-10-31)20-14-27-18-7-2-3-8-19(18)28-20/h2-8,13-15H,9-12H2,1H3. The van der Waals surface area contributed by atoms with Gasteiger partial charge in [0.05, 0.1) is 28.8 Å². The Balaban J connectivity index is 1.26. The minimum absolute atomic E-state index is 0.146. The highest BCUT2D eigenvalue weighted by Gasteiger charge is 2.31. The van der Waals surface area contributed by atoms with Crippen LogP contribution in [0.5, 0.6) is 0 Å². The zero-order chi connectivity index (χ0) is 23.0. The largest absolute Gasteiger partial charge is 0.416 e. The molecule has 1 fully saturated rings. The molecule has 5 rings (SSSR count). The summed E-state index contributed by atoms with van der Waals surface area (Å²) in [5, 5.41) is 3.91. The third kappa shape index (κ3) is 4.38. The number of piperazine rings is 1. The molecule has 0 spiro atoms. The van der Waals surface area contributed by atoms with Gasteiger partial charge in [0.2, 0.25) is 11.7 Å². The lowest BCUT2D eigenvalue weighted by molar-refractivity contribution is -0.137. The molecule has 2 aromatic carbocycles. The molecular formula is C23H21F3N6O. The van der Waals surface area contributed by atoms with Crippen molar-refractivity contribution in [3.05, 3.63) is 66.2 Å². The number of fused-ring (bicyclic) bond motifs is 1. The quantitative estimate of drug-likeness (QED) is 0.447. The fourth-order valence-corrected chi connectivity index (χ4v) is 3.95. The number of nitrogens with zero attached hydrogens (tertiary/aromatic N) is 6. The van der Waals surface area contributed by atoms with E-state index in [1.807, 2.05) is 31.2 Å². The molecule has 10 heteroatoms. The van der Waals surface area contributed by atoms with E-state index in [-0.39, 0.29) is 17.4 Å². The summed E-state index contributed by atoms with van der Waals surface area (Å²) in [6.45, 7) is 4.96. The van der Waals surface area contributed by atoms with Crippen molar-refractivity contribution < 1.29 is 17.7 Å². The zero-order valence-corrected chi connectivity index (χ0v) is 17.8. The minimum atomic E-state index is -4.43. The molecule has 1 aliphatic heterocycles. The van der Waals surface area contributed by atoms with E-state index in [2.05, 4.69) is 24.9 Å². The van der Waals surface area contributed by atoms with E-state index in [0.29, 0.717) is 5.89 Å². The normalized spacial score (nSPS) is 16.3. The minimum Gasteiger partial charge on any atom is -0.353 e. The van der Waals surface area contributed by atoms with Gasteiger partial charge in [0.25, 0.3) is 0 Å². The molecule has 1 saturated heterocycles. The van der Waals surface area contributed by atoms with Crippen LogP contribution in [0.25, 0.3) is 22.4 Å². The molecule has 1 aliphatic rings. The smallest absolute Gasteiger partial charge is 0.353 e. The van der Waals surface area contributed by atoms with Crippen molar-refractivity contribution in [2.75, 3.05) is 31.1 Å². The lowest BCUT2D eigenvalue weighted by atomic mass is 10.1. The second-order valence-electron chi connectivity index (χ2n) is 7.95. The van der Waals surface area contributed by atoms with Gasteiger partial charge in [-0.1, -0.05) is 29.4 Å². The number of hydrogen-bond donors (Lipinski definition) is 0. The molecule has 7 nitrogen and oxygen atoms in total. The van der Waals surface area contributed by atoms with Gasteiger partial charge in [0.1, 0.15) is 5.82 Å². The first-order valence-corrected chi connectivity index (χ1v) is 10.6. The van der Waals surface area contributed by atoms with Gasteiger partial charge >= 0.3 is 6.18 Å². The van der Waals surface area contributed by atoms with Gasteiger partial charge in [0.15, 0.2) is 0 Å². The molecule has 2 aromatic heterocycles. The first-order valence-electron chi connectivity index (χ1n) is 10.6. The molecule has 0 amide bonds. The van der Waals surface area contributed by atoms with E-state index in [9.17, 15) is 13.2 Å². The maximum absolute atomic E-state index is 13.0. The Labute approximate surface area is 187 Å². The second kappa shape index (κ2) is 8.43. The molecular weight excluding hydrogens is 433 g/mol. The highest BCUT2D eigenvalue weighted by atomic mass is 19.4. The molecule has 0 bridgehead atoms. The molecule has 0 saturated carbocycles. The van der Waals surface area contributed by atoms with E-state index in [4.69, 9.17) is 9.51 Å². The van der Waals surface area contributed by atoms with Gasteiger partial charge in [-0.25, -0.2) is 4.98 Å². The Hall–Kier alpha value is -3.53. The monoisotopic (exact) mass is 454 g/mol. The summed E-state index contributed by atoms with van der Waals surface area (Å²) in [6.07, 6.45) is -2.63. The van der Waals surface area contributed by atoms with Crippen LogP contribution in [0.4, 0.5) is 19.0 Å². The van der Waals surface area contributed by atoms with Crippen molar-refractivity contribution in [1.29, 1.82) is 0 Å². The number of halogens is 3. The lowest BCUT2D eigenvalue weighted by Crippen LogP contribution is -2.47. The van der Waals surface area contributed by atoms with Crippen molar-refractivity contribution in [1.82, 2.24) is 25.0 Å². The van der Waals surface area contributed by atoms with Crippen molar-refractivity contribution in [3.8, 4) is 11.4 Å². The molecule has 4 aromatic rings. The van der Waals surface area contributed by atoms with E-state index >= 15 is 0 Å². The SMILES string of the molecule is CC(c1nc(-c2cccc(C(F)(F)F)c2)no1)N1CCN(c2cnc3ccccc3n2)CC1. The molecule has 3 heterocycles. The highest BCUT2D eigenvalue weighted by Crippen LogP contribution is 2.32. The van der Waals surface area contributed by atoms with Crippen LogP contribution < -0.4 is 4.90 Å². The van der Waals surface area contributed by atoms with Crippen LogP contribution in [-0.4, -0.2) is 51.2 Å². The summed E-state index contributed by atoms with van der Waals surface area (Å²) >= 11 is 0. The van der Waals surface area contributed by atoms with Crippen LogP contribution in [0, 0.1) is 0 Å². The molecule has 170 valence electrons. The lowest BCUT2D eigenvalue weighted by Gasteiger charge is -2.37. The van der Waals surface area contributed by atoms with E-state index in [1.165, 1.54) is 12.1 Å². The Morgan fingerprint density at radius 1 is 0.939 bits per heavy atom. The van der Waals surface area contributed by atoms with Crippen molar-refractivity contribution in [3.63, 3.8) is 0 Å². The summed E-state index contributed by atoms with van der Waals surface area (Å²) < 4.78 is 44.4. The molecule has 1 atom stereocenters. The van der Waals surface area contributed by atoms with Crippen LogP contribution in [0.3, 0.4) is 0 Å². The number of rotatable bonds is 4. The first-order chi connectivity index (χ1) is 15.9. The van der Waals surface area contributed by atoms with Crippen LogP contribution in [0.1, 0.15) is 24.4 Å². The fraction of sp³-hybridized carbons (Fsp3) is 0.304. The van der Waals surface area contributed by atoms with Crippen molar-refractivity contribution in [2.24, 2.45) is 0 Å². The summed E-state index contributed by atoms with van der Waals surface area (Å²) in [5.41, 5.74) is 1.25. The van der Waals surface area contributed by atoms with Crippen LogP contribution >= 0.6 is 0 Å². The Bertz CT molecular complexity index is 1270. The summed E-state index contributed by atoms with van der Waals surface area (Å²) in [6, 6.07) is 12.5. The number of anilines is 1. The van der Waals surface area contributed by atoms with Gasteiger partial charge in [-0.15, -0.1) is 0 Å². The number of para-hydroxylation sites is 2. The second-order valence-corrected chi connectivity index (χ2v) is 7.95. The number of aromatic nitrogens is 4. The van der Waals surface area contributed by atoms with Gasteiger partial charge in [0, 0.05) is 31.7 Å². The average molecular weight is 454 g/mol. The zero-order valence-electron chi connectivity index (χ0n) is 17.8. The Morgan fingerprint density at radius 2 is 1.70 bits per heavy atom. The average Bonchev–Trinajstić information content (AvgIpc) is 3.33. The van der Waals surface area contributed by atoms with Crippen molar-refractivity contribution in [2.45, 2.75) is 19.1 Å². The van der Waals surface area contributed by atoms with E-state index < -0.39 is 11.7 Å². The van der Waals surface area contributed by atoms with Gasteiger partial charge in [-0.2, -0.15) is 18.2 Å². The summed E-state index contributed by atoms with van der Waals surface area (Å²) in [5.74, 6) is 1.36. The van der Waals surface area contributed by atoms with Crippen LogP contribution in [0.2, 0.25) is 0 Å². The number of benzene rings is 2. The fourth-order valence-electron chi connectivity index (χ4n) is 3.95. The number of alkyl halides is 3. The molecule has 0 radical (unpaired) electrons. The molecule has 33 heavy (non-hydrogen) atoms. The third-order valence-electron chi connectivity index (χ3n) is 5.87. The Morgan fingerprint density at radius 3 is 2.45 bits per heavy atom.